The summed E-state index contributed by atoms with van der Waals surface area (Å²) in [6, 6.07) is 9.64. The van der Waals surface area contributed by atoms with Gasteiger partial charge in [-0.3, -0.25) is 9.52 Å². The molecule has 8 heteroatoms. The lowest BCUT2D eigenvalue weighted by Crippen LogP contribution is -2.11. The van der Waals surface area contributed by atoms with Crippen LogP contribution in [0.25, 0.3) is 0 Å². The Bertz CT molecular complexity index is 723. The van der Waals surface area contributed by atoms with Gasteiger partial charge in [-0.15, -0.1) is 11.3 Å². The third kappa shape index (κ3) is 3.81. The first kappa shape index (κ1) is 15.0. The number of rotatable bonds is 4. The molecular weight excluding hydrogens is 364 g/mol. The zero-order chi connectivity index (χ0) is 14.8. The minimum Gasteiger partial charge on any atom is -0.326 e. The molecule has 2 rings (SSSR count). The third-order valence-electron chi connectivity index (χ3n) is 2.27. The van der Waals surface area contributed by atoms with Gasteiger partial charge in [-0.25, -0.2) is 8.42 Å². The summed E-state index contributed by atoms with van der Waals surface area (Å²) in [5.41, 5.74) is 1.04. The van der Waals surface area contributed by atoms with Gasteiger partial charge in [0.1, 0.15) is 4.21 Å². The van der Waals surface area contributed by atoms with Crippen LogP contribution >= 0.6 is 27.3 Å². The summed E-state index contributed by atoms with van der Waals surface area (Å²) < 4.78 is 27.6. The number of hydrogen-bond acceptors (Lipinski definition) is 4. The third-order valence-corrected chi connectivity index (χ3v) is 5.77. The van der Waals surface area contributed by atoms with Crippen molar-refractivity contribution in [3.8, 4) is 0 Å². The second kappa shape index (κ2) is 5.94. The van der Waals surface area contributed by atoms with Crippen LogP contribution in [-0.2, 0) is 14.8 Å². The van der Waals surface area contributed by atoms with E-state index in [4.69, 9.17) is 0 Å². The van der Waals surface area contributed by atoms with Gasteiger partial charge in [-0.2, -0.15) is 0 Å². The highest BCUT2D eigenvalue weighted by molar-refractivity contribution is 9.11. The van der Waals surface area contributed by atoms with Crippen molar-refractivity contribution in [2.75, 3.05) is 10.0 Å². The Kier molecular flexibility index (Phi) is 4.46. The summed E-state index contributed by atoms with van der Waals surface area (Å²) in [6.07, 6.45) is 0. The molecule has 106 valence electrons. The minimum atomic E-state index is -3.58. The van der Waals surface area contributed by atoms with Gasteiger partial charge in [0, 0.05) is 18.3 Å². The number of carbonyl (C=O) groups excluding carboxylic acids is 1. The van der Waals surface area contributed by atoms with Crippen LogP contribution in [0.15, 0.2) is 44.4 Å². The van der Waals surface area contributed by atoms with Crippen LogP contribution in [0.4, 0.5) is 11.4 Å². The number of thiophene rings is 1. The van der Waals surface area contributed by atoms with E-state index in [1.54, 1.807) is 30.3 Å². The van der Waals surface area contributed by atoms with Crippen LogP contribution < -0.4 is 10.0 Å². The minimum absolute atomic E-state index is 0.179. The van der Waals surface area contributed by atoms with Gasteiger partial charge in [0.2, 0.25) is 5.91 Å². The van der Waals surface area contributed by atoms with Crippen molar-refractivity contribution in [1.82, 2.24) is 0 Å². The lowest BCUT2D eigenvalue weighted by Gasteiger charge is -2.07. The molecule has 0 saturated carbocycles. The molecule has 0 saturated heterocycles. The first-order chi connectivity index (χ1) is 9.37. The van der Waals surface area contributed by atoms with Crippen molar-refractivity contribution in [2.24, 2.45) is 0 Å². The normalized spacial score (nSPS) is 11.1. The van der Waals surface area contributed by atoms with E-state index in [1.807, 2.05) is 0 Å². The second-order valence-electron chi connectivity index (χ2n) is 3.92. The maximum atomic E-state index is 12.1. The van der Waals surface area contributed by atoms with Gasteiger partial charge >= 0.3 is 0 Å². The number of nitrogens with one attached hydrogen (secondary N) is 2. The van der Waals surface area contributed by atoms with Crippen molar-refractivity contribution in [3.05, 3.63) is 40.2 Å². The smallest absolute Gasteiger partial charge is 0.271 e. The Labute approximate surface area is 129 Å². The highest BCUT2D eigenvalue weighted by Gasteiger charge is 2.16. The molecule has 0 bridgehead atoms. The van der Waals surface area contributed by atoms with Gasteiger partial charge in [-0.1, -0.05) is 0 Å². The molecule has 2 N–H and O–H groups in total. The molecule has 0 unspecified atom stereocenters. The van der Waals surface area contributed by atoms with E-state index in [2.05, 4.69) is 26.0 Å². The molecule has 0 radical (unpaired) electrons. The largest absolute Gasteiger partial charge is 0.326 e. The summed E-state index contributed by atoms with van der Waals surface area (Å²) in [6.45, 7) is 1.41. The molecule has 1 amide bonds. The lowest BCUT2D eigenvalue weighted by atomic mass is 10.3. The van der Waals surface area contributed by atoms with Crippen LogP contribution in [0.2, 0.25) is 0 Å². The average molecular weight is 375 g/mol. The van der Waals surface area contributed by atoms with Gasteiger partial charge < -0.3 is 5.32 Å². The molecule has 0 spiro atoms. The summed E-state index contributed by atoms with van der Waals surface area (Å²) in [5, 5.41) is 2.61. The summed E-state index contributed by atoms with van der Waals surface area (Å²) in [5.74, 6) is -0.179. The topological polar surface area (TPSA) is 75.3 Å². The average Bonchev–Trinajstić information content (AvgIpc) is 2.78. The van der Waals surface area contributed by atoms with E-state index in [0.29, 0.717) is 11.4 Å². The van der Waals surface area contributed by atoms with E-state index in [0.717, 1.165) is 15.1 Å². The summed E-state index contributed by atoms with van der Waals surface area (Å²) in [7, 11) is -3.58. The predicted molar refractivity (Wildman–Crippen MR) is 83.6 cm³/mol. The fraction of sp³-hybridized carbons (Fsp3) is 0.0833. The Hall–Kier alpha value is -1.38. The molecule has 0 atom stereocenters. The Morgan fingerprint density at radius 2 is 1.70 bits per heavy atom. The Morgan fingerprint density at radius 3 is 2.20 bits per heavy atom. The van der Waals surface area contributed by atoms with E-state index in [1.165, 1.54) is 13.0 Å². The quantitative estimate of drug-likeness (QED) is 0.861. The second-order valence-corrected chi connectivity index (χ2v) is 8.29. The van der Waals surface area contributed by atoms with E-state index in [-0.39, 0.29) is 10.1 Å². The molecule has 0 aliphatic carbocycles. The summed E-state index contributed by atoms with van der Waals surface area (Å²) in [4.78, 5) is 10.9. The zero-order valence-electron chi connectivity index (χ0n) is 10.4. The SMILES string of the molecule is CC(=O)Nc1ccc(NS(=O)(=O)c2ccc(Br)s2)cc1. The lowest BCUT2D eigenvalue weighted by molar-refractivity contribution is -0.114. The number of halogens is 1. The maximum absolute atomic E-state index is 12.1. The standard InChI is InChI=1S/C12H11BrN2O3S2/c1-8(16)14-9-2-4-10(5-3-9)15-20(17,18)12-7-6-11(13)19-12/h2-7,15H,1H3,(H,14,16). The van der Waals surface area contributed by atoms with Crippen molar-refractivity contribution >= 4 is 54.6 Å². The number of anilines is 2. The first-order valence-electron chi connectivity index (χ1n) is 5.52. The van der Waals surface area contributed by atoms with Crippen LogP contribution in [0, 0.1) is 0 Å². The number of benzene rings is 1. The van der Waals surface area contributed by atoms with E-state index in [9.17, 15) is 13.2 Å². The number of sulfonamides is 1. The highest BCUT2D eigenvalue weighted by atomic mass is 79.9. The summed E-state index contributed by atoms with van der Waals surface area (Å²) >= 11 is 4.36. The van der Waals surface area contributed by atoms with Gasteiger partial charge in [0.15, 0.2) is 0 Å². The Morgan fingerprint density at radius 1 is 1.10 bits per heavy atom. The fourth-order valence-corrected chi connectivity index (χ4v) is 4.54. The molecular formula is C12H11BrN2O3S2. The molecule has 20 heavy (non-hydrogen) atoms. The first-order valence-corrected chi connectivity index (χ1v) is 8.62. The number of carbonyl (C=O) groups is 1. The molecule has 1 heterocycles. The number of hydrogen-bond donors (Lipinski definition) is 2. The van der Waals surface area contributed by atoms with Crippen molar-refractivity contribution < 1.29 is 13.2 Å². The van der Waals surface area contributed by atoms with Crippen molar-refractivity contribution in [1.29, 1.82) is 0 Å². The zero-order valence-corrected chi connectivity index (χ0v) is 13.6. The van der Waals surface area contributed by atoms with E-state index >= 15 is 0 Å². The van der Waals surface area contributed by atoms with Crippen LogP contribution in [-0.4, -0.2) is 14.3 Å². The Balaban J connectivity index is 2.15. The predicted octanol–water partition coefficient (Wildman–Crippen LogP) is 3.27. The van der Waals surface area contributed by atoms with Crippen LogP contribution in [0.3, 0.4) is 0 Å². The molecule has 1 aromatic carbocycles. The molecule has 1 aromatic heterocycles. The molecule has 2 aromatic rings. The molecule has 5 nitrogen and oxygen atoms in total. The van der Waals surface area contributed by atoms with Gasteiger partial charge in [-0.05, 0) is 52.3 Å². The monoisotopic (exact) mass is 374 g/mol. The van der Waals surface area contributed by atoms with E-state index < -0.39 is 10.0 Å². The van der Waals surface area contributed by atoms with Crippen molar-refractivity contribution in [2.45, 2.75) is 11.1 Å². The molecule has 0 fully saturated rings. The number of amides is 1. The van der Waals surface area contributed by atoms with Gasteiger partial charge in [0.05, 0.1) is 3.79 Å². The highest BCUT2D eigenvalue weighted by Crippen LogP contribution is 2.27. The maximum Gasteiger partial charge on any atom is 0.271 e. The van der Waals surface area contributed by atoms with Crippen LogP contribution in [0.5, 0.6) is 0 Å². The molecule has 0 aliphatic rings. The van der Waals surface area contributed by atoms with Crippen molar-refractivity contribution in [3.63, 3.8) is 0 Å². The van der Waals surface area contributed by atoms with Gasteiger partial charge in [0.25, 0.3) is 10.0 Å². The fourth-order valence-electron chi connectivity index (χ4n) is 1.47. The molecule has 0 aliphatic heterocycles. The van der Waals surface area contributed by atoms with Crippen LogP contribution in [0.1, 0.15) is 6.92 Å².